The summed E-state index contributed by atoms with van der Waals surface area (Å²) < 4.78 is 17.0. The van der Waals surface area contributed by atoms with Crippen molar-refractivity contribution in [2.45, 2.75) is 62.5 Å². The van der Waals surface area contributed by atoms with Gasteiger partial charge in [-0.3, -0.25) is 14.5 Å². The summed E-state index contributed by atoms with van der Waals surface area (Å²) in [5.41, 5.74) is 0.343. The van der Waals surface area contributed by atoms with E-state index in [1.54, 1.807) is 18.2 Å². The van der Waals surface area contributed by atoms with E-state index in [9.17, 15) is 19.8 Å². The van der Waals surface area contributed by atoms with Crippen molar-refractivity contribution in [1.29, 1.82) is 0 Å². The number of aliphatic hydroxyl groups is 2. The van der Waals surface area contributed by atoms with Crippen molar-refractivity contribution in [1.82, 2.24) is 10.2 Å². The van der Waals surface area contributed by atoms with Gasteiger partial charge in [0.15, 0.2) is 11.5 Å². The number of nitrogens with one attached hydrogen (secondary N) is 1. The second-order valence-electron chi connectivity index (χ2n) is 12.3. The van der Waals surface area contributed by atoms with Gasteiger partial charge in [-0.15, -0.1) is 0 Å². The summed E-state index contributed by atoms with van der Waals surface area (Å²) in [6, 6.07) is 10.5. The van der Waals surface area contributed by atoms with Gasteiger partial charge in [-0.1, -0.05) is 31.2 Å². The lowest BCUT2D eigenvalue weighted by Crippen LogP contribution is -2.81. The maximum atomic E-state index is 13.5. The summed E-state index contributed by atoms with van der Waals surface area (Å²) in [6.45, 7) is 4.92. The molecule has 1 aliphatic carbocycles. The summed E-state index contributed by atoms with van der Waals surface area (Å²) in [7, 11) is 1.95. The molecular formula is C32H37N3O7. The van der Waals surface area contributed by atoms with Crippen molar-refractivity contribution in [2.24, 2.45) is 5.41 Å². The van der Waals surface area contributed by atoms with E-state index in [1.807, 2.05) is 19.2 Å². The van der Waals surface area contributed by atoms with Crippen LogP contribution >= 0.6 is 0 Å². The molecule has 1 saturated heterocycles. The summed E-state index contributed by atoms with van der Waals surface area (Å²) in [5, 5.41) is 26.1. The zero-order valence-corrected chi connectivity index (χ0v) is 24.1. The van der Waals surface area contributed by atoms with E-state index in [4.69, 9.17) is 14.2 Å². The molecule has 7 rings (SSSR count). The first-order valence-electron chi connectivity index (χ1n) is 14.7. The third-order valence-electron chi connectivity index (χ3n) is 10.4. The highest BCUT2D eigenvalue weighted by atomic mass is 16.7. The van der Waals surface area contributed by atoms with E-state index >= 15 is 0 Å². The number of amides is 1. The Labute approximate surface area is 244 Å². The molecule has 1 unspecified atom stereocenters. The first kappa shape index (κ1) is 27.2. The second-order valence-corrected chi connectivity index (χ2v) is 12.3. The van der Waals surface area contributed by atoms with Gasteiger partial charge in [0.25, 0.3) is 5.91 Å². The summed E-state index contributed by atoms with van der Waals surface area (Å²) in [5.74, 6) is 0.211. The van der Waals surface area contributed by atoms with E-state index in [1.165, 1.54) is 6.92 Å². The Morgan fingerprint density at radius 2 is 1.95 bits per heavy atom. The Bertz CT molecular complexity index is 1490. The van der Waals surface area contributed by atoms with E-state index in [0.29, 0.717) is 23.5 Å². The van der Waals surface area contributed by atoms with Crippen molar-refractivity contribution in [2.75, 3.05) is 38.4 Å². The fourth-order valence-electron chi connectivity index (χ4n) is 9.04. The van der Waals surface area contributed by atoms with Crippen LogP contribution < -0.4 is 19.7 Å². The minimum absolute atomic E-state index is 0.0390. The van der Waals surface area contributed by atoms with Crippen LogP contribution in [0.4, 0.5) is 5.69 Å². The lowest BCUT2D eigenvalue weighted by atomic mass is 9.47. The van der Waals surface area contributed by atoms with Crippen LogP contribution in [0.5, 0.6) is 11.5 Å². The number of fused-ring (bicyclic) bond motifs is 2. The van der Waals surface area contributed by atoms with Crippen molar-refractivity contribution in [3.05, 3.63) is 65.2 Å². The smallest absolute Gasteiger partial charge is 0.303 e. The molecule has 5 aliphatic rings. The molecule has 222 valence electrons. The fourth-order valence-corrected chi connectivity index (χ4v) is 9.04. The average molecular weight is 576 g/mol. The van der Waals surface area contributed by atoms with E-state index in [-0.39, 0.29) is 31.9 Å². The third kappa shape index (κ3) is 3.49. The molecule has 10 nitrogen and oxygen atoms in total. The molecule has 6 atom stereocenters. The van der Waals surface area contributed by atoms with Gasteiger partial charge in [-0.25, -0.2) is 0 Å². The van der Waals surface area contributed by atoms with Gasteiger partial charge < -0.3 is 34.6 Å². The van der Waals surface area contributed by atoms with Gasteiger partial charge in [-0.2, -0.15) is 0 Å². The molecule has 1 amide bonds. The molecule has 4 aliphatic heterocycles. The third-order valence-corrected chi connectivity index (χ3v) is 10.4. The number of likely N-dealkylation sites (N-methyl/N-ethyl adjacent to an activating group) is 1. The van der Waals surface area contributed by atoms with Crippen LogP contribution in [0.25, 0.3) is 0 Å². The topological polar surface area (TPSA) is 121 Å². The number of benzene rings is 2. The second kappa shape index (κ2) is 9.45. The van der Waals surface area contributed by atoms with Crippen molar-refractivity contribution in [3.8, 4) is 11.5 Å². The lowest BCUT2D eigenvalue weighted by Gasteiger charge is -2.64. The standard InChI is InChI=1S/C32H37N3O7/c1-4-30-10-5-12-35-13-11-31(27(30)35)22-8-6-20(16-36)14-23(22)34(3)28(31)32(39,29(30)42-19(2)37)17-33-26(38)21-7-9-24-25(15-21)41-18-40-24/h5-10,14-15,27-29,36,39H,4,11-13,16-18H2,1-3H3,(H,33,38)/t27-,28+,29+,30+,31+,32?/m0/s1. The SMILES string of the molecule is CC[C@]12C=CCN3CC[C@@]4(c5ccc(CO)cc5N(C)[C@H]4C(O)(CNC(=O)c4ccc5c(c4)OCO5)[C@@H]1OC(C)=O)[C@@H]32. The highest BCUT2D eigenvalue weighted by Gasteiger charge is 2.77. The van der Waals surface area contributed by atoms with Gasteiger partial charge in [0.05, 0.1) is 19.2 Å². The molecule has 10 heteroatoms. The quantitative estimate of drug-likeness (QED) is 0.351. The molecular weight excluding hydrogens is 538 g/mol. The molecule has 1 spiro atoms. The maximum Gasteiger partial charge on any atom is 0.303 e. The van der Waals surface area contributed by atoms with Crippen molar-refractivity contribution >= 4 is 17.6 Å². The van der Waals surface area contributed by atoms with Crippen LogP contribution in [-0.4, -0.2) is 84.3 Å². The van der Waals surface area contributed by atoms with Crippen LogP contribution in [0.1, 0.15) is 48.2 Å². The van der Waals surface area contributed by atoms with E-state index in [0.717, 1.165) is 36.3 Å². The van der Waals surface area contributed by atoms with Crippen LogP contribution in [-0.2, 0) is 21.6 Å². The monoisotopic (exact) mass is 575 g/mol. The number of anilines is 1. The molecule has 3 N–H and O–H groups in total. The molecule has 2 aromatic carbocycles. The lowest BCUT2D eigenvalue weighted by molar-refractivity contribution is -0.216. The number of hydrogen-bond donors (Lipinski definition) is 3. The Morgan fingerprint density at radius 3 is 2.71 bits per heavy atom. The maximum absolute atomic E-state index is 13.5. The highest BCUT2D eigenvalue weighted by Crippen LogP contribution is 2.67. The largest absolute Gasteiger partial charge is 0.458 e. The molecule has 2 aromatic rings. The molecule has 4 heterocycles. The summed E-state index contributed by atoms with van der Waals surface area (Å²) in [6.07, 6.45) is 4.76. The number of hydrogen-bond acceptors (Lipinski definition) is 9. The Kier molecular flexibility index (Phi) is 6.13. The van der Waals surface area contributed by atoms with Crippen LogP contribution in [0.2, 0.25) is 0 Å². The number of ether oxygens (including phenoxy) is 3. The van der Waals surface area contributed by atoms with Crippen molar-refractivity contribution < 1.29 is 34.0 Å². The summed E-state index contributed by atoms with van der Waals surface area (Å²) in [4.78, 5) is 30.8. The normalized spacial score (nSPS) is 33.6. The van der Waals surface area contributed by atoms with Crippen LogP contribution in [0.3, 0.4) is 0 Å². The minimum atomic E-state index is -1.67. The molecule has 0 radical (unpaired) electrons. The zero-order valence-electron chi connectivity index (χ0n) is 24.1. The molecule has 1 saturated carbocycles. The number of esters is 1. The zero-order chi connectivity index (χ0) is 29.4. The molecule has 42 heavy (non-hydrogen) atoms. The predicted molar refractivity (Wildman–Crippen MR) is 153 cm³/mol. The fraction of sp³-hybridized carbons (Fsp3) is 0.500. The van der Waals surface area contributed by atoms with Crippen molar-refractivity contribution in [3.63, 3.8) is 0 Å². The predicted octanol–water partition coefficient (Wildman–Crippen LogP) is 2.11. The van der Waals surface area contributed by atoms with E-state index in [2.05, 4.69) is 40.3 Å². The molecule has 0 bridgehead atoms. The number of aliphatic hydroxyl groups excluding tert-OH is 1. The van der Waals surface area contributed by atoms with Crippen LogP contribution in [0.15, 0.2) is 48.6 Å². The van der Waals surface area contributed by atoms with Gasteiger partial charge in [-0.05, 0) is 54.8 Å². The average Bonchev–Trinajstić information content (AvgIpc) is 3.69. The van der Waals surface area contributed by atoms with E-state index < -0.39 is 34.5 Å². The first-order valence-corrected chi connectivity index (χ1v) is 14.7. The minimum Gasteiger partial charge on any atom is -0.458 e. The number of carbonyl (C=O) groups is 2. The Balaban J connectivity index is 1.37. The first-order chi connectivity index (χ1) is 20.2. The Hall–Kier alpha value is -3.60. The number of nitrogens with zero attached hydrogens (tertiary/aromatic N) is 2. The highest BCUT2D eigenvalue weighted by molar-refractivity contribution is 5.95. The number of rotatable bonds is 6. The van der Waals surface area contributed by atoms with Gasteiger partial charge in [0.1, 0.15) is 11.7 Å². The van der Waals surface area contributed by atoms with Gasteiger partial charge in [0.2, 0.25) is 6.79 Å². The van der Waals surface area contributed by atoms with Crippen LogP contribution in [0, 0.1) is 5.41 Å². The molecule has 0 aromatic heterocycles. The Morgan fingerprint density at radius 1 is 1.14 bits per heavy atom. The summed E-state index contributed by atoms with van der Waals surface area (Å²) >= 11 is 0. The molecule has 2 fully saturated rings. The number of carbonyl (C=O) groups excluding carboxylic acids is 2. The van der Waals surface area contributed by atoms with Gasteiger partial charge in [0, 0.05) is 48.6 Å². The van der Waals surface area contributed by atoms with Gasteiger partial charge >= 0.3 is 5.97 Å².